The van der Waals surface area contributed by atoms with Crippen LogP contribution in [0.3, 0.4) is 0 Å². The summed E-state index contributed by atoms with van der Waals surface area (Å²) >= 11 is 0. The molecule has 1 aromatic rings. The Morgan fingerprint density at radius 1 is 1.38 bits per heavy atom. The normalized spacial score (nSPS) is 10.8. The molecule has 0 bridgehead atoms. The molecule has 0 aliphatic heterocycles. The summed E-state index contributed by atoms with van der Waals surface area (Å²) in [6.07, 6.45) is 1.73. The summed E-state index contributed by atoms with van der Waals surface area (Å²) in [5.41, 5.74) is -0.0893. The van der Waals surface area contributed by atoms with E-state index in [4.69, 9.17) is 0 Å². The van der Waals surface area contributed by atoms with Crippen LogP contribution in [0, 0.1) is 0 Å². The minimum absolute atomic E-state index is 0. The number of hydrogen-bond donors (Lipinski definition) is 0. The number of aromatic nitrogens is 1. The van der Waals surface area contributed by atoms with E-state index in [1.807, 2.05) is 0 Å². The summed E-state index contributed by atoms with van der Waals surface area (Å²) < 4.78 is 36.4. The molecule has 0 radical (unpaired) electrons. The van der Waals surface area contributed by atoms with Crippen molar-refractivity contribution in [1.82, 2.24) is 4.98 Å². The molecule has 0 unspecified atom stereocenters. The Morgan fingerprint density at radius 2 is 2.00 bits per heavy atom. The summed E-state index contributed by atoms with van der Waals surface area (Å²) in [5, 5.41) is 0. The minimum Gasteiger partial charge on any atom is -0.445 e. The van der Waals surface area contributed by atoms with Gasteiger partial charge in [-0.05, 0) is 6.42 Å². The third-order valence-electron chi connectivity index (χ3n) is 1.58. The zero-order chi connectivity index (χ0) is 9.19. The van der Waals surface area contributed by atoms with Gasteiger partial charge in [0.15, 0.2) is 0 Å². The van der Waals surface area contributed by atoms with Gasteiger partial charge in [-0.25, -0.2) is 0 Å². The van der Waals surface area contributed by atoms with E-state index in [1.165, 1.54) is 6.20 Å². The molecular weight excluding hydrogens is 205 g/mol. The van der Waals surface area contributed by atoms with Crippen LogP contribution in [0.25, 0.3) is 0 Å². The van der Waals surface area contributed by atoms with Crippen molar-refractivity contribution in [2.24, 2.45) is 0 Å². The first-order valence-electron chi connectivity index (χ1n) is 3.69. The molecule has 0 N–H and O–H groups in total. The van der Waals surface area contributed by atoms with Crippen molar-refractivity contribution in [3.05, 3.63) is 24.0 Å². The first kappa shape index (κ1) is 13.6. The van der Waals surface area contributed by atoms with Crippen molar-refractivity contribution in [1.29, 1.82) is 0 Å². The van der Waals surface area contributed by atoms with Crippen LogP contribution in [0.2, 0.25) is 0 Å². The third kappa shape index (κ3) is 4.12. The second-order valence-corrected chi connectivity index (χ2v) is 2.51. The number of aryl methyl sites for hydroxylation is 1. The first-order chi connectivity index (χ1) is 5.54. The van der Waals surface area contributed by atoms with Gasteiger partial charge < -0.3 is 12.9 Å². The number of halogens is 3. The molecule has 0 spiro atoms. The van der Waals surface area contributed by atoms with E-state index in [2.05, 4.69) is 4.98 Å². The average molecular weight is 213 g/mol. The Balaban J connectivity index is 0.00000144. The molecular formula is C7H8BF3KN. The van der Waals surface area contributed by atoms with Gasteiger partial charge in [-0.2, -0.15) is 0 Å². The molecule has 6 heteroatoms. The van der Waals surface area contributed by atoms with Crippen LogP contribution < -0.4 is 56.8 Å². The molecule has 1 heterocycles. The smallest absolute Gasteiger partial charge is 0.445 e. The second-order valence-electron chi connectivity index (χ2n) is 2.51. The van der Waals surface area contributed by atoms with Crippen molar-refractivity contribution < 1.29 is 64.3 Å². The van der Waals surface area contributed by atoms with Crippen molar-refractivity contribution in [2.75, 3.05) is 0 Å². The van der Waals surface area contributed by atoms with Crippen LogP contribution in [-0.4, -0.2) is 12.0 Å². The zero-order valence-corrected chi connectivity index (χ0v) is 10.7. The molecule has 0 aliphatic carbocycles. The molecule has 66 valence electrons. The largest absolute Gasteiger partial charge is 1.00 e. The maximum Gasteiger partial charge on any atom is 1.00 e. The monoisotopic (exact) mass is 213 g/mol. The predicted octanol–water partition coefficient (Wildman–Crippen LogP) is -1.30. The molecule has 1 nitrogen and oxygen atoms in total. The van der Waals surface area contributed by atoms with Crippen molar-refractivity contribution in [3.8, 4) is 0 Å². The van der Waals surface area contributed by atoms with Gasteiger partial charge in [0.05, 0.1) is 0 Å². The van der Waals surface area contributed by atoms with Crippen molar-refractivity contribution in [2.45, 2.75) is 13.3 Å². The zero-order valence-electron chi connectivity index (χ0n) is 7.60. The molecule has 13 heavy (non-hydrogen) atoms. The predicted molar refractivity (Wildman–Crippen MR) is 42.3 cm³/mol. The fraction of sp³-hybridized carbons (Fsp3) is 0.286. The summed E-state index contributed by atoms with van der Waals surface area (Å²) in [7, 11) is 0. The van der Waals surface area contributed by atoms with E-state index < -0.39 is 12.4 Å². The minimum atomic E-state index is -4.87. The van der Waals surface area contributed by atoms with E-state index in [-0.39, 0.29) is 51.4 Å². The fourth-order valence-electron chi connectivity index (χ4n) is 0.894. The van der Waals surface area contributed by atoms with Crippen LogP contribution in [0.1, 0.15) is 12.6 Å². The van der Waals surface area contributed by atoms with Crippen LogP contribution in [0.5, 0.6) is 0 Å². The van der Waals surface area contributed by atoms with Gasteiger partial charge >= 0.3 is 58.4 Å². The van der Waals surface area contributed by atoms with Crippen molar-refractivity contribution >= 4 is 12.4 Å². The molecule has 0 saturated carbocycles. The Kier molecular flexibility index (Phi) is 5.78. The van der Waals surface area contributed by atoms with Gasteiger partial charge in [0.1, 0.15) is 0 Å². The molecule has 0 aromatic carbocycles. The quantitative estimate of drug-likeness (QED) is 0.556. The summed E-state index contributed by atoms with van der Waals surface area (Å²) in [5.74, 6) is 0. The molecule has 0 fully saturated rings. The van der Waals surface area contributed by atoms with Gasteiger partial charge in [0.2, 0.25) is 0 Å². The van der Waals surface area contributed by atoms with Crippen LogP contribution >= 0.6 is 0 Å². The maximum atomic E-state index is 12.1. The van der Waals surface area contributed by atoms with Gasteiger partial charge in [0, 0.05) is 11.9 Å². The topological polar surface area (TPSA) is 12.9 Å². The molecule has 0 atom stereocenters. The molecule has 0 aliphatic rings. The fourth-order valence-corrected chi connectivity index (χ4v) is 0.894. The Morgan fingerprint density at radius 3 is 2.46 bits per heavy atom. The summed E-state index contributed by atoms with van der Waals surface area (Å²) in [6, 6.07) is 2.10. The van der Waals surface area contributed by atoms with Crippen LogP contribution in [0.15, 0.2) is 18.3 Å². The van der Waals surface area contributed by atoms with E-state index >= 15 is 0 Å². The van der Waals surface area contributed by atoms with Crippen LogP contribution in [-0.2, 0) is 6.42 Å². The van der Waals surface area contributed by atoms with E-state index in [1.54, 1.807) is 6.92 Å². The summed E-state index contributed by atoms with van der Waals surface area (Å²) in [4.78, 5) is 3.78. The first-order valence-corrected chi connectivity index (χ1v) is 3.69. The number of rotatable bonds is 2. The Bertz CT molecular complexity index is 277. The van der Waals surface area contributed by atoms with Gasteiger partial charge in [0.25, 0.3) is 0 Å². The second kappa shape index (κ2) is 5.50. The van der Waals surface area contributed by atoms with Crippen LogP contribution in [0.4, 0.5) is 12.9 Å². The van der Waals surface area contributed by atoms with Gasteiger partial charge in [-0.3, -0.25) is 4.98 Å². The molecule has 0 amide bonds. The number of nitrogens with zero attached hydrogens (tertiary/aromatic N) is 1. The third-order valence-corrected chi connectivity index (χ3v) is 1.58. The Hall–Kier alpha value is 0.641. The standard InChI is InChI=1S/C7H8BF3N.K/c1-2-7-5-6(3-4-12-7)8(9,10)11;/h3-5H,2H2,1H3;/q-1;+1. The van der Waals surface area contributed by atoms with E-state index in [0.717, 1.165) is 12.1 Å². The molecule has 1 rings (SSSR count). The van der Waals surface area contributed by atoms with Gasteiger partial charge in [-0.15, -0.1) is 5.46 Å². The van der Waals surface area contributed by atoms with Gasteiger partial charge in [-0.1, -0.05) is 19.1 Å². The number of pyridine rings is 1. The van der Waals surface area contributed by atoms with Crippen molar-refractivity contribution in [3.63, 3.8) is 0 Å². The maximum absolute atomic E-state index is 12.1. The van der Waals surface area contributed by atoms with E-state index in [9.17, 15) is 12.9 Å². The Labute approximate surface area is 118 Å². The summed E-state index contributed by atoms with van der Waals surface area (Å²) in [6.45, 7) is -3.10. The molecule has 0 saturated heterocycles. The van der Waals surface area contributed by atoms with E-state index in [0.29, 0.717) is 12.1 Å². The average Bonchev–Trinajstić information content (AvgIpc) is 2.03. The molecule has 1 aromatic heterocycles. The SMILES string of the molecule is CCc1cc([B-](F)(F)F)ccn1.[K+]. The number of hydrogen-bond acceptors (Lipinski definition) is 1.